The van der Waals surface area contributed by atoms with E-state index in [9.17, 15) is 24.6 Å². The number of fused-ring (bicyclic) bond motifs is 1. The van der Waals surface area contributed by atoms with E-state index in [4.69, 9.17) is 5.73 Å². The van der Waals surface area contributed by atoms with Crippen molar-refractivity contribution in [3.63, 3.8) is 0 Å². The average Bonchev–Trinajstić information content (AvgIpc) is 3.14. The van der Waals surface area contributed by atoms with Crippen molar-refractivity contribution >= 4 is 41.3 Å². The summed E-state index contributed by atoms with van der Waals surface area (Å²) in [6.07, 6.45) is 0.485. The summed E-state index contributed by atoms with van der Waals surface area (Å²) in [4.78, 5) is 37.1. The van der Waals surface area contributed by atoms with Crippen LogP contribution in [0.25, 0.3) is 0 Å². The van der Waals surface area contributed by atoms with E-state index in [0.29, 0.717) is 18.2 Å². The molecular weight excluding hydrogens is 402 g/mol. The number of hydrogen-bond acceptors (Lipinski definition) is 7. The molecule has 3 aliphatic rings. The monoisotopic (exact) mass is 429 g/mol. The van der Waals surface area contributed by atoms with E-state index >= 15 is 0 Å². The van der Waals surface area contributed by atoms with Gasteiger partial charge in [0.25, 0.3) is 0 Å². The predicted octanol–water partition coefficient (Wildman–Crippen LogP) is 0.212. The van der Waals surface area contributed by atoms with Crippen LogP contribution in [-0.4, -0.2) is 74.4 Å². The smallest absolute Gasteiger partial charge is 0.353 e. The molecular formula is C18H27N3O5S2. The number of thioether (sulfide) groups is 2. The van der Waals surface area contributed by atoms with Crippen molar-refractivity contribution in [1.29, 1.82) is 0 Å². The van der Waals surface area contributed by atoms with Gasteiger partial charge in [-0.25, -0.2) is 4.79 Å². The number of amides is 2. The molecule has 3 rings (SSSR count). The summed E-state index contributed by atoms with van der Waals surface area (Å²) >= 11 is 3.23. The summed E-state index contributed by atoms with van der Waals surface area (Å²) in [6, 6.07) is 0.0421. The predicted molar refractivity (Wildman–Crippen MR) is 109 cm³/mol. The molecule has 2 saturated heterocycles. The first-order valence-corrected chi connectivity index (χ1v) is 11.5. The molecule has 2 amide bonds. The van der Waals surface area contributed by atoms with Gasteiger partial charge < -0.3 is 26.2 Å². The number of carbonyl (C=O) groups is 3. The van der Waals surface area contributed by atoms with E-state index in [2.05, 4.69) is 5.32 Å². The molecule has 0 unspecified atom stereocenters. The molecule has 0 bridgehead atoms. The van der Waals surface area contributed by atoms with Crippen LogP contribution in [0.2, 0.25) is 0 Å². The molecule has 28 heavy (non-hydrogen) atoms. The molecule has 0 radical (unpaired) electrons. The molecule has 0 saturated carbocycles. The molecule has 8 nitrogen and oxygen atoms in total. The molecule has 5 N–H and O–H groups in total. The highest BCUT2D eigenvalue weighted by Gasteiger charge is 2.60. The first-order chi connectivity index (χ1) is 13.2. The lowest BCUT2D eigenvalue weighted by atomic mass is 9.79. The number of β-lactam (4-membered cyclic amide) rings is 1. The Kier molecular flexibility index (Phi) is 6.63. The third-order valence-electron chi connectivity index (χ3n) is 5.60. The van der Waals surface area contributed by atoms with Crippen LogP contribution in [0, 0.1) is 11.8 Å². The highest BCUT2D eigenvalue weighted by molar-refractivity contribution is 8.03. The van der Waals surface area contributed by atoms with E-state index in [1.54, 1.807) is 30.4 Å². The molecule has 0 aromatic rings. The van der Waals surface area contributed by atoms with Gasteiger partial charge in [-0.1, -0.05) is 6.92 Å². The second kappa shape index (κ2) is 8.64. The highest BCUT2D eigenvalue weighted by atomic mass is 32.2. The largest absolute Gasteiger partial charge is 0.477 e. The Morgan fingerprint density at radius 1 is 1.43 bits per heavy atom. The first-order valence-electron chi connectivity index (χ1n) is 9.47. The molecule has 0 aromatic carbocycles. The number of aliphatic hydroxyl groups excluding tert-OH is 1. The van der Waals surface area contributed by atoms with Gasteiger partial charge in [-0.05, 0) is 13.3 Å². The van der Waals surface area contributed by atoms with Crippen molar-refractivity contribution in [3.8, 4) is 0 Å². The van der Waals surface area contributed by atoms with Crippen LogP contribution in [-0.2, 0) is 14.4 Å². The number of aliphatic carboxylic acids is 1. The number of nitrogens with two attached hydrogens (primary N) is 1. The zero-order valence-electron chi connectivity index (χ0n) is 16.0. The van der Waals surface area contributed by atoms with E-state index in [1.165, 1.54) is 4.90 Å². The van der Waals surface area contributed by atoms with Crippen LogP contribution < -0.4 is 11.1 Å². The normalized spacial score (nSPS) is 33.0. The van der Waals surface area contributed by atoms with Gasteiger partial charge in [-0.2, -0.15) is 11.8 Å². The van der Waals surface area contributed by atoms with Crippen LogP contribution in [0.5, 0.6) is 0 Å². The SMILES string of the molecule is C[C@@H](O)[C@H]1C(=O)N2C(C(=O)O)=C(S[C@@H]3CN[C@H](CSCCC(N)=O)C3)[C@H](C)[C@H]12. The third kappa shape index (κ3) is 4.05. The molecule has 0 spiro atoms. The molecule has 3 aliphatic heterocycles. The Morgan fingerprint density at radius 3 is 2.75 bits per heavy atom. The van der Waals surface area contributed by atoms with E-state index in [1.807, 2.05) is 6.92 Å². The molecule has 0 aliphatic carbocycles. The first kappa shape index (κ1) is 21.5. The van der Waals surface area contributed by atoms with Crippen molar-refractivity contribution in [1.82, 2.24) is 10.2 Å². The second-order valence-corrected chi connectivity index (χ2v) is 10.1. The fourth-order valence-electron chi connectivity index (χ4n) is 4.26. The van der Waals surface area contributed by atoms with Gasteiger partial charge in [0.1, 0.15) is 5.70 Å². The highest BCUT2D eigenvalue weighted by Crippen LogP contribution is 2.51. The molecule has 0 aromatic heterocycles. The van der Waals surface area contributed by atoms with E-state index in [-0.39, 0.29) is 34.7 Å². The summed E-state index contributed by atoms with van der Waals surface area (Å²) in [5.41, 5.74) is 5.24. The van der Waals surface area contributed by atoms with Gasteiger partial charge in [0.05, 0.1) is 18.1 Å². The zero-order valence-corrected chi connectivity index (χ0v) is 17.6. The number of aliphatic hydroxyl groups is 1. The number of nitrogens with zero attached hydrogens (tertiary/aromatic N) is 1. The number of primary amides is 1. The minimum atomic E-state index is -1.08. The lowest BCUT2D eigenvalue weighted by Crippen LogP contribution is -2.63. The van der Waals surface area contributed by atoms with Crippen molar-refractivity contribution in [2.75, 3.05) is 18.1 Å². The number of nitrogens with one attached hydrogen (secondary N) is 1. The van der Waals surface area contributed by atoms with Crippen molar-refractivity contribution < 1.29 is 24.6 Å². The summed E-state index contributed by atoms with van der Waals surface area (Å²) in [7, 11) is 0. The Hall–Kier alpha value is -1.23. The van der Waals surface area contributed by atoms with E-state index in [0.717, 1.165) is 23.6 Å². The summed E-state index contributed by atoms with van der Waals surface area (Å²) < 4.78 is 0. The summed E-state index contributed by atoms with van der Waals surface area (Å²) in [6.45, 7) is 4.30. The fraction of sp³-hybridized carbons (Fsp3) is 0.722. The lowest BCUT2D eigenvalue weighted by Gasteiger charge is -2.46. The van der Waals surface area contributed by atoms with Crippen LogP contribution >= 0.6 is 23.5 Å². The Bertz CT molecular complexity index is 699. The molecule has 6 atom stereocenters. The van der Waals surface area contributed by atoms with Crippen LogP contribution in [0.15, 0.2) is 10.6 Å². The standard InChI is InChI=1S/C18H27N3O5S2/c1-8-14-13(9(2)22)17(24)21(14)15(18(25)26)16(8)28-11-5-10(20-6-11)7-27-4-3-12(19)23/h8-11,13-14,20,22H,3-7H2,1-2H3,(H2,19,23)(H,25,26)/t8-,9-,10+,11+,13-,14-/m1/s1. The summed E-state index contributed by atoms with van der Waals surface area (Å²) in [5.74, 6) is -0.723. The number of rotatable bonds is 9. The molecule has 2 fully saturated rings. The van der Waals surface area contributed by atoms with Gasteiger partial charge in [0.15, 0.2) is 0 Å². The van der Waals surface area contributed by atoms with Gasteiger partial charge in [-0.15, -0.1) is 11.8 Å². The van der Waals surface area contributed by atoms with Gasteiger partial charge in [-0.3, -0.25) is 9.59 Å². The maximum absolute atomic E-state index is 12.4. The molecule has 10 heteroatoms. The van der Waals surface area contributed by atoms with Crippen molar-refractivity contribution in [2.45, 2.75) is 50.1 Å². The second-order valence-electron chi connectivity index (χ2n) is 7.64. The summed E-state index contributed by atoms with van der Waals surface area (Å²) in [5, 5.41) is 23.3. The number of hydrogen-bond donors (Lipinski definition) is 4. The Labute approximate surface area is 172 Å². The average molecular weight is 430 g/mol. The molecule has 3 heterocycles. The maximum atomic E-state index is 12.4. The van der Waals surface area contributed by atoms with Crippen LogP contribution in [0.4, 0.5) is 0 Å². The van der Waals surface area contributed by atoms with Gasteiger partial charge >= 0.3 is 5.97 Å². The maximum Gasteiger partial charge on any atom is 0.353 e. The molecule has 156 valence electrons. The van der Waals surface area contributed by atoms with Gasteiger partial charge in [0.2, 0.25) is 11.8 Å². The number of carboxylic acid groups (broad SMARTS) is 1. The van der Waals surface area contributed by atoms with E-state index < -0.39 is 18.0 Å². The Balaban J connectivity index is 1.61. The van der Waals surface area contributed by atoms with Crippen molar-refractivity contribution in [3.05, 3.63) is 10.6 Å². The number of carboxylic acids is 1. The fourth-order valence-corrected chi connectivity index (χ4v) is 6.82. The van der Waals surface area contributed by atoms with Crippen molar-refractivity contribution in [2.24, 2.45) is 17.6 Å². The quantitative estimate of drug-likeness (QED) is 0.302. The van der Waals surface area contributed by atoms with Gasteiger partial charge in [0, 0.05) is 46.6 Å². The Morgan fingerprint density at radius 2 is 2.14 bits per heavy atom. The minimum Gasteiger partial charge on any atom is -0.477 e. The number of carbonyl (C=O) groups excluding carboxylic acids is 2. The topological polar surface area (TPSA) is 133 Å². The minimum absolute atomic E-state index is 0.0867. The zero-order chi connectivity index (χ0) is 20.6. The third-order valence-corrected chi connectivity index (χ3v) is 8.24. The lowest BCUT2D eigenvalue weighted by molar-refractivity contribution is -0.163. The van der Waals surface area contributed by atoms with Crippen LogP contribution in [0.1, 0.15) is 26.7 Å². The van der Waals surface area contributed by atoms with Crippen LogP contribution in [0.3, 0.4) is 0 Å².